The normalized spacial score (nSPS) is 21.5. The number of halogens is 1. The van der Waals surface area contributed by atoms with Crippen LogP contribution in [0.1, 0.15) is 24.9 Å². The number of ether oxygens (including phenoxy) is 2. The fourth-order valence-corrected chi connectivity index (χ4v) is 2.59. The molecule has 0 radical (unpaired) electrons. The van der Waals surface area contributed by atoms with Gasteiger partial charge >= 0.3 is 0 Å². The zero-order chi connectivity index (χ0) is 12.3. The number of rotatable bonds is 4. The highest BCUT2D eigenvalue weighted by molar-refractivity contribution is 9.10. The molecule has 0 amide bonds. The predicted octanol–water partition coefficient (Wildman–Crippen LogP) is 2.90. The molecule has 0 bridgehead atoms. The maximum absolute atomic E-state index is 5.85. The molecule has 3 nitrogen and oxygen atoms in total. The number of benzene rings is 1. The first kappa shape index (κ1) is 12.9. The Labute approximate surface area is 111 Å². The van der Waals surface area contributed by atoms with E-state index in [9.17, 15) is 0 Å². The molecule has 4 heteroatoms. The van der Waals surface area contributed by atoms with E-state index in [0.29, 0.717) is 12.6 Å². The Morgan fingerprint density at radius 2 is 2.35 bits per heavy atom. The van der Waals surface area contributed by atoms with Gasteiger partial charge in [-0.05, 0) is 31.7 Å². The molecule has 1 aliphatic heterocycles. The molecule has 0 aliphatic carbocycles. The van der Waals surface area contributed by atoms with Gasteiger partial charge in [-0.15, -0.1) is 0 Å². The van der Waals surface area contributed by atoms with Gasteiger partial charge in [0, 0.05) is 16.9 Å². The van der Waals surface area contributed by atoms with Gasteiger partial charge in [0.25, 0.3) is 0 Å². The third-order valence-electron chi connectivity index (χ3n) is 3.06. The lowest BCUT2D eigenvalue weighted by atomic mass is 10.1. The second kappa shape index (κ2) is 5.85. The smallest absolute Gasteiger partial charge is 0.124 e. The average Bonchev–Trinajstić information content (AvgIpc) is 2.81. The second-order valence-corrected chi connectivity index (χ2v) is 5.15. The first-order valence-electron chi connectivity index (χ1n) is 5.92. The Balaban J connectivity index is 2.07. The summed E-state index contributed by atoms with van der Waals surface area (Å²) >= 11 is 3.59. The standard InChI is InChI=1S/C13H18BrNO2/c1-9(15-2)12-4-3-10(7-13(12)14)17-11-5-6-16-8-11/h3-4,7,9,11,15H,5-6,8H2,1-2H3. The van der Waals surface area contributed by atoms with Gasteiger partial charge in [-0.25, -0.2) is 0 Å². The third-order valence-corrected chi connectivity index (χ3v) is 3.75. The van der Waals surface area contributed by atoms with E-state index in [2.05, 4.69) is 34.2 Å². The van der Waals surface area contributed by atoms with Crippen molar-refractivity contribution in [2.75, 3.05) is 20.3 Å². The molecule has 1 saturated heterocycles. The predicted molar refractivity (Wildman–Crippen MR) is 71.5 cm³/mol. The summed E-state index contributed by atoms with van der Waals surface area (Å²) in [6, 6.07) is 6.47. The second-order valence-electron chi connectivity index (χ2n) is 4.30. The third kappa shape index (κ3) is 3.21. The molecule has 94 valence electrons. The largest absolute Gasteiger partial charge is 0.488 e. The molecule has 2 unspecified atom stereocenters. The first-order chi connectivity index (χ1) is 8.20. The Kier molecular flexibility index (Phi) is 4.42. The quantitative estimate of drug-likeness (QED) is 0.927. The SMILES string of the molecule is CNC(C)c1ccc(OC2CCOC2)cc1Br. The van der Waals surface area contributed by atoms with E-state index in [1.807, 2.05) is 19.2 Å². The van der Waals surface area contributed by atoms with Crippen molar-refractivity contribution in [3.8, 4) is 5.75 Å². The Morgan fingerprint density at radius 3 is 2.94 bits per heavy atom. The van der Waals surface area contributed by atoms with E-state index in [-0.39, 0.29) is 6.10 Å². The van der Waals surface area contributed by atoms with Crippen LogP contribution in [-0.2, 0) is 4.74 Å². The molecule has 2 atom stereocenters. The summed E-state index contributed by atoms with van der Waals surface area (Å²) in [4.78, 5) is 0. The molecule has 0 saturated carbocycles. The molecule has 1 aromatic rings. The van der Waals surface area contributed by atoms with Crippen molar-refractivity contribution < 1.29 is 9.47 Å². The van der Waals surface area contributed by atoms with Crippen LogP contribution in [-0.4, -0.2) is 26.4 Å². The molecule has 0 spiro atoms. The monoisotopic (exact) mass is 299 g/mol. The van der Waals surface area contributed by atoms with E-state index in [1.165, 1.54) is 5.56 Å². The summed E-state index contributed by atoms with van der Waals surface area (Å²) in [5, 5.41) is 3.22. The lowest BCUT2D eigenvalue weighted by Gasteiger charge is -2.16. The average molecular weight is 300 g/mol. The van der Waals surface area contributed by atoms with E-state index in [0.717, 1.165) is 23.2 Å². The Bertz CT molecular complexity index is 378. The van der Waals surface area contributed by atoms with Crippen LogP contribution in [0.4, 0.5) is 0 Å². The fraction of sp³-hybridized carbons (Fsp3) is 0.538. The fourth-order valence-electron chi connectivity index (χ4n) is 1.89. The highest BCUT2D eigenvalue weighted by Gasteiger charge is 2.17. The van der Waals surface area contributed by atoms with Crippen molar-refractivity contribution in [1.82, 2.24) is 5.32 Å². The van der Waals surface area contributed by atoms with Crippen molar-refractivity contribution in [1.29, 1.82) is 0 Å². The summed E-state index contributed by atoms with van der Waals surface area (Å²) in [5.41, 5.74) is 1.24. The van der Waals surface area contributed by atoms with Crippen LogP contribution in [0.25, 0.3) is 0 Å². The van der Waals surface area contributed by atoms with Crippen LogP contribution in [0.15, 0.2) is 22.7 Å². The van der Waals surface area contributed by atoms with Crippen molar-refractivity contribution in [3.63, 3.8) is 0 Å². The minimum atomic E-state index is 0.203. The van der Waals surface area contributed by atoms with E-state index in [1.54, 1.807) is 0 Å². The Hall–Kier alpha value is -0.580. The molecular weight excluding hydrogens is 282 g/mol. The first-order valence-corrected chi connectivity index (χ1v) is 6.71. The van der Waals surface area contributed by atoms with Gasteiger partial charge in [0.15, 0.2) is 0 Å². The maximum atomic E-state index is 5.85. The van der Waals surface area contributed by atoms with Crippen LogP contribution in [0.3, 0.4) is 0 Å². The number of hydrogen-bond donors (Lipinski definition) is 1. The van der Waals surface area contributed by atoms with Gasteiger partial charge in [-0.2, -0.15) is 0 Å². The topological polar surface area (TPSA) is 30.5 Å². The minimum absolute atomic E-state index is 0.203. The molecule has 1 N–H and O–H groups in total. The van der Waals surface area contributed by atoms with Crippen LogP contribution in [0, 0.1) is 0 Å². The summed E-state index contributed by atoms with van der Waals surface area (Å²) in [5.74, 6) is 0.902. The number of hydrogen-bond acceptors (Lipinski definition) is 3. The highest BCUT2D eigenvalue weighted by atomic mass is 79.9. The molecule has 1 aromatic carbocycles. The van der Waals surface area contributed by atoms with Gasteiger partial charge in [0.2, 0.25) is 0 Å². The number of nitrogens with one attached hydrogen (secondary N) is 1. The van der Waals surface area contributed by atoms with E-state index >= 15 is 0 Å². The van der Waals surface area contributed by atoms with Crippen molar-refractivity contribution in [2.45, 2.75) is 25.5 Å². The Morgan fingerprint density at radius 1 is 1.53 bits per heavy atom. The molecule has 1 fully saturated rings. The molecule has 0 aromatic heterocycles. The van der Waals surface area contributed by atoms with Crippen LogP contribution < -0.4 is 10.1 Å². The van der Waals surface area contributed by atoms with E-state index < -0.39 is 0 Å². The highest BCUT2D eigenvalue weighted by Crippen LogP contribution is 2.28. The maximum Gasteiger partial charge on any atom is 0.124 e. The van der Waals surface area contributed by atoms with E-state index in [4.69, 9.17) is 9.47 Å². The summed E-state index contributed by atoms with van der Waals surface area (Å²) < 4.78 is 12.2. The van der Waals surface area contributed by atoms with Crippen LogP contribution >= 0.6 is 15.9 Å². The summed E-state index contributed by atoms with van der Waals surface area (Å²) in [6.45, 7) is 3.64. The van der Waals surface area contributed by atoms with Gasteiger partial charge in [-0.3, -0.25) is 0 Å². The van der Waals surface area contributed by atoms with Gasteiger partial charge < -0.3 is 14.8 Å². The molecule has 1 heterocycles. The zero-order valence-electron chi connectivity index (χ0n) is 10.2. The molecule has 2 rings (SSSR count). The zero-order valence-corrected chi connectivity index (χ0v) is 11.8. The molecule has 17 heavy (non-hydrogen) atoms. The van der Waals surface area contributed by atoms with Crippen molar-refractivity contribution in [3.05, 3.63) is 28.2 Å². The van der Waals surface area contributed by atoms with Gasteiger partial charge in [0.1, 0.15) is 11.9 Å². The summed E-state index contributed by atoms with van der Waals surface area (Å²) in [7, 11) is 1.96. The van der Waals surface area contributed by atoms with Gasteiger partial charge in [0.05, 0.1) is 13.2 Å². The van der Waals surface area contributed by atoms with Gasteiger partial charge in [-0.1, -0.05) is 22.0 Å². The van der Waals surface area contributed by atoms with Crippen molar-refractivity contribution in [2.24, 2.45) is 0 Å². The summed E-state index contributed by atoms with van der Waals surface area (Å²) in [6.07, 6.45) is 1.18. The molecular formula is C13H18BrNO2. The van der Waals surface area contributed by atoms with Crippen molar-refractivity contribution >= 4 is 15.9 Å². The molecule has 1 aliphatic rings. The lowest BCUT2D eigenvalue weighted by molar-refractivity contribution is 0.141. The lowest BCUT2D eigenvalue weighted by Crippen LogP contribution is -2.16. The van der Waals surface area contributed by atoms with Crippen LogP contribution in [0.2, 0.25) is 0 Å². The minimum Gasteiger partial charge on any atom is -0.488 e. The van der Waals surface area contributed by atoms with Crippen LogP contribution in [0.5, 0.6) is 5.75 Å².